The summed E-state index contributed by atoms with van der Waals surface area (Å²) in [7, 11) is -3.65. The molecule has 0 aliphatic heterocycles. The molecule has 0 aromatic carbocycles. The van der Waals surface area contributed by atoms with Crippen molar-refractivity contribution < 1.29 is 17.7 Å². The third-order valence-corrected chi connectivity index (χ3v) is 17.7. The third-order valence-electron chi connectivity index (χ3n) is 13.3. The summed E-state index contributed by atoms with van der Waals surface area (Å²) < 4.78 is 29.0. The van der Waals surface area contributed by atoms with Crippen LogP contribution in [-0.4, -0.2) is 69.6 Å². The Morgan fingerprint density at radius 3 is 0.907 bits per heavy atom. The van der Waals surface area contributed by atoms with E-state index in [1.54, 1.807) is 77.0 Å². The highest BCUT2D eigenvalue weighted by atomic mass is 31.1. The Morgan fingerprint density at radius 2 is 0.721 bits per heavy atom. The van der Waals surface area contributed by atoms with E-state index in [4.69, 9.17) is 0 Å². The molecule has 8 heteroatoms. The zero-order chi connectivity index (χ0) is 30.3. The van der Waals surface area contributed by atoms with E-state index in [9.17, 15) is 12.9 Å². The van der Waals surface area contributed by atoms with E-state index >= 15 is 0 Å². The minimum Gasteiger partial charge on any atom is -1.00 e. The third kappa shape index (κ3) is 6.26. The average molecular weight is 628 g/mol. The molecule has 248 valence electrons. The second-order valence-corrected chi connectivity index (χ2v) is 20.9. The fourth-order valence-electron chi connectivity index (χ4n) is 13.7. The molecule has 43 heavy (non-hydrogen) atoms. The minimum atomic E-state index is -3.67. The minimum absolute atomic E-state index is 0. The molecule has 9 aliphatic carbocycles. The van der Waals surface area contributed by atoms with Gasteiger partial charge in [-0.15, -0.1) is 0 Å². The molecular formula is C35H61BF4N2P-. The average Bonchev–Trinajstić information content (AvgIpc) is 3.47. The fraction of sp³-hybridized carbons (Fsp3) is 1.00. The maximum absolute atomic E-state index is 9.67. The van der Waals surface area contributed by atoms with E-state index < -0.39 is 7.54 Å². The van der Waals surface area contributed by atoms with Crippen molar-refractivity contribution in [2.24, 2.45) is 35.5 Å². The van der Waals surface area contributed by atoms with Gasteiger partial charge in [-0.3, -0.25) is 22.7 Å². The fourth-order valence-corrected chi connectivity index (χ4v) is 19.9. The van der Waals surface area contributed by atoms with Crippen molar-refractivity contribution in [2.45, 2.75) is 185 Å². The highest BCUT2D eigenvalue weighted by molar-refractivity contribution is 7.62. The summed E-state index contributed by atoms with van der Waals surface area (Å²) in [6.45, 7) is 20.1. The molecule has 9 fully saturated rings. The molecule has 2 nitrogen and oxygen atoms in total. The zero-order valence-corrected chi connectivity index (χ0v) is 29.3. The van der Waals surface area contributed by atoms with Gasteiger partial charge in [-0.05, 0) is 178 Å². The van der Waals surface area contributed by atoms with Crippen LogP contribution in [0.25, 0.3) is 0 Å². The first-order valence-electron chi connectivity index (χ1n) is 18.0. The van der Waals surface area contributed by atoms with Gasteiger partial charge in [0.2, 0.25) is 0 Å². The van der Waals surface area contributed by atoms with Crippen LogP contribution in [0, 0.1) is 35.5 Å². The van der Waals surface area contributed by atoms with E-state index in [1.807, 2.05) is 0 Å². The number of halogens is 4. The highest BCUT2D eigenvalue weighted by Gasteiger charge is 2.72. The lowest BCUT2D eigenvalue weighted by Gasteiger charge is -2.68. The van der Waals surface area contributed by atoms with Gasteiger partial charge < -0.3 is 4.70 Å². The lowest BCUT2D eigenvalue weighted by molar-refractivity contribution is -0.0000239. The molecule has 0 spiro atoms. The van der Waals surface area contributed by atoms with Gasteiger partial charge >= 0.3 is 7.54 Å². The molecule has 8 bridgehead atoms. The summed E-state index contributed by atoms with van der Waals surface area (Å²) in [5.41, 5.74) is 0.965. The van der Waals surface area contributed by atoms with Gasteiger partial charge in [0.1, 0.15) is 0 Å². The van der Waals surface area contributed by atoms with Crippen LogP contribution < -0.4 is 4.70 Å². The molecule has 0 N–H and O–H groups in total. The number of rotatable bonds is 9. The van der Waals surface area contributed by atoms with Gasteiger partial charge in [0.05, 0.1) is 0 Å². The standard InChI is InChI=1S/C35H61N2P.BF3.FH/c1-21(2)36(22(3)4)31-32(37(23(5)6)24(7)8)33(31)38(34-15-25-9-26(16-34)11-27(10-25)17-34)35-18-28-12-29(19-35)14-30(13-28)20-35;2-1(3)4;/h21-33H,9-20H2,1-8H3;;1H/p-1. The Kier molecular flexibility index (Phi) is 10.1. The Morgan fingerprint density at radius 1 is 0.512 bits per heavy atom. The van der Waals surface area contributed by atoms with Crippen LogP contribution in [0.3, 0.4) is 0 Å². The molecule has 0 radical (unpaired) electrons. The van der Waals surface area contributed by atoms with Crippen LogP contribution in [0.15, 0.2) is 0 Å². The quantitative estimate of drug-likeness (QED) is 0.161. The Balaban J connectivity index is 0.000000695. The predicted molar refractivity (Wildman–Crippen MR) is 173 cm³/mol. The largest absolute Gasteiger partial charge is 1.00 e. The van der Waals surface area contributed by atoms with Crippen LogP contribution in [0.2, 0.25) is 0 Å². The summed E-state index contributed by atoms with van der Waals surface area (Å²) in [6.07, 6.45) is 19.5. The molecule has 2 unspecified atom stereocenters. The van der Waals surface area contributed by atoms with Gasteiger partial charge in [0.25, 0.3) is 0 Å². The molecule has 9 rings (SSSR count). The van der Waals surface area contributed by atoms with Gasteiger partial charge in [-0.1, -0.05) is 7.92 Å². The van der Waals surface area contributed by atoms with Crippen LogP contribution in [0.4, 0.5) is 12.9 Å². The first-order valence-corrected chi connectivity index (χ1v) is 19.4. The topological polar surface area (TPSA) is 6.48 Å². The second kappa shape index (κ2) is 12.6. The van der Waals surface area contributed by atoms with Crippen LogP contribution >= 0.6 is 7.92 Å². The lowest BCUT2D eigenvalue weighted by atomic mass is 9.55. The summed E-state index contributed by atoms with van der Waals surface area (Å²) in [5, 5.41) is 1.49. The predicted octanol–water partition coefficient (Wildman–Crippen LogP) is 6.65. The normalized spacial score (nSPS) is 44.4. The van der Waals surface area contributed by atoms with Gasteiger partial charge in [0.15, 0.2) is 0 Å². The first kappa shape index (κ1) is 34.5. The Labute approximate surface area is 262 Å². The molecule has 0 aromatic heterocycles. The molecule has 2 atom stereocenters. The summed E-state index contributed by atoms with van der Waals surface area (Å²) in [6, 6.07) is 4.20. The Hall–Kier alpha value is 0.135. The van der Waals surface area contributed by atoms with Crippen LogP contribution in [0.5, 0.6) is 0 Å². The SMILES string of the molecule is CC(C)N(C(C)C)C1C(N(C(C)C)C(C)C)C1P(C12CC3CC(CC(C3)C1)C2)C12CC3CC(CC(C3)C1)C2.FB(F)F.[F-]. The molecule has 0 amide bonds. The Bertz CT molecular complexity index is 801. The van der Waals surface area contributed by atoms with Gasteiger partial charge in [0, 0.05) is 41.9 Å². The summed E-state index contributed by atoms with van der Waals surface area (Å²) in [5.74, 6) is 6.55. The molecule has 0 saturated heterocycles. The molecule has 0 aromatic rings. The van der Waals surface area contributed by atoms with Crippen molar-refractivity contribution in [2.75, 3.05) is 0 Å². The highest BCUT2D eigenvalue weighted by Crippen LogP contribution is 2.83. The van der Waals surface area contributed by atoms with E-state index in [1.165, 1.54) is 0 Å². The van der Waals surface area contributed by atoms with Crippen molar-refractivity contribution in [3.63, 3.8) is 0 Å². The molecule has 9 saturated carbocycles. The number of nitrogens with zero attached hydrogens (tertiary/aromatic N) is 2. The maximum Gasteiger partial charge on any atom is 0.762 e. The van der Waals surface area contributed by atoms with Crippen LogP contribution in [0.1, 0.15) is 132 Å². The smallest absolute Gasteiger partial charge is 0.762 e. The zero-order valence-electron chi connectivity index (χ0n) is 28.4. The van der Waals surface area contributed by atoms with E-state index in [0.717, 1.165) is 63.6 Å². The van der Waals surface area contributed by atoms with Crippen molar-refractivity contribution in [1.29, 1.82) is 0 Å². The number of hydrogen-bond acceptors (Lipinski definition) is 2. The molecule has 0 heterocycles. The van der Waals surface area contributed by atoms with E-state index in [0.29, 0.717) is 24.2 Å². The maximum atomic E-state index is 9.67. The lowest BCUT2D eigenvalue weighted by Crippen LogP contribution is -3.00. The molecule has 9 aliphatic rings. The van der Waals surface area contributed by atoms with E-state index in [2.05, 4.69) is 65.2 Å². The molecular weight excluding hydrogens is 566 g/mol. The monoisotopic (exact) mass is 627 g/mol. The van der Waals surface area contributed by atoms with Crippen molar-refractivity contribution >= 4 is 15.5 Å². The second-order valence-electron chi connectivity index (χ2n) is 17.6. The van der Waals surface area contributed by atoms with Gasteiger partial charge in [-0.2, -0.15) is 0 Å². The van der Waals surface area contributed by atoms with Crippen molar-refractivity contribution in [3.8, 4) is 0 Å². The van der Waals surface area contributed by atoms with E-state index in [-0.39, 0.29) is 12.6 Å². The van der Waals surface area contributed by atoms with Crippen LogP contribution in [-0.2, 0) is 0 Å². The van der Waals surface area contributed by atoms with Crippen molar-refractivity contribution in [1.82, 2.24) is 9.80 Å². The first-order chi connectivity index (χ1) is 19.7. The van der Waals surface area contributed by atoms with Crippen molar-refractivity contribution in [3.05, 3.63) is 0 Å². The summed E-state index contributed by atoms with van der Waals surface area (Å²) >= 11 is 0. The van der Waals surface area contributed by atoms with Gasteiger partial charge in [-0.25, -0.2) is 0 Å². The summed E-state index contributed by atoms with van der Waals surface area (Å²) in [4.78, 5) is 6.06. The number of hydrogen-bond donors (Lipinski definition) is 0.